The van der Waals surface area contributed by atoms with Crippen molar-refractivity contribution < 1.29 is 9.59 Å². The van der Waals surface area contributed by atoms with Gasteiger partial charge in [-0.3, -0.25) is 14.3 Å². The van der Waals surface area contributed by atoms with E-state index in [1.54, 1.807) is 0 Å². The first-order valence-electron chi connectivity index (χ1n) is 11.8. The molecule has 174 valence electrons. The Hall–Kier alpha value is -2.47. The summed E-state index contributed by atoms with van der Waals surface area (Å²) in [6.45, 7) is 9.43. The Kier molecular flexibility index (Phi) is 7.88. The number of rotatable bonds is 8. The van der Waals surface area contributed by atoms with E-state index >= 15 is 0 Å². The van der Waals surface area contributed by atoms with Crippen LogP contribution in [0.1, 0.15) is 86.6 Å². The molecular weight excluding hydrogens is 400 g/mol. The van der Waals surface area contributed by atoms with E-state index in [-0.39, 0.29) is 23.1 Å². The standard InChI is InChI=1S/C26H38N4O2/c1-18-6-5-7-20(14-18)17-30-22(16-24(29-30)26(2,3)4)23(31)15-19-8-10-21(11-9-19)28-25(32)12-13-27/h5-7,14,16,19,21H,8-13,15,17,27H2,1-4H3,(H,28,32). The summed E-state index contributed by atoms with van der Waals surface area (Å²) < 4.78 is 1.89. The molecule has 1 aliphatic carbocycles. The molecule has 3 rings (SSSR count). The van der Waals surface area contributed by atoms with E-state index < -0.39 is 0 Å². The monoisotopic (exact) mass is 438 g/mol. The number of hydrogen-bond acceptors (Lipinski definition) is 4. The van der Waals surface area contributed by atoms with E-state index in [0.717, 1.165) is 36.9 Å². The van der Waals surface area contributed by atoms with Gasteiger partial charge in [0.05, 0.1) is 12.2 Å². The number of ketones is 1. The number of aromatic nitrogens is 2. The Balaban J connectivity index is 1.68. The van der Waals surface area contributed by atoms with Gasteiger partial charge in [-0.05, 0) is 50.2 Å². The maximum absolute atomic E-state index is 13.3. The summed E-state index contributed by atoms with van der Waals surface area (Å²) in [7, 11) is 0. The van der Waals surface area contributed by atoms with Crippen LogP contribution in [-0.2, 0) is 16.8 Å². The van der Waals surface area contributed by atoms with Crippen LogP contribution in [0.5, 0.6) is 0 Å². The molecule has 1 saturated carbocycles. The number of carbonyl (C=O) groups excluding carboxylic acids is 2. The molecule has 32 heavy (non-hydrogen) atoms. The fourth-order valence-corrected chi connectivity index (χ4v) is 4.42. The number of hydrogen-bond donors (Lipinski definition) is 2. The van der Waals surface area contributed by atoms with Gasteiger partial charge in [0.25, 0.3) is 0 Å². The molecule has 1 amide bonds. The van der Waals surface area contributed by atoms with Gasteiger partial charge in [-0.2, -0.15) is 5.10 Å². The van der Waals surface area contributed by atoms with Crippen LogP contribution in [0.4, 0.5) is 0 Å². The lowest BCUT2D eigenvalue weighted by Crippen LogP contribution is -2.38. The van der Waals surface area contributed by atoms with Gasteiger partial charge in [0.2, 0.25) is 5.91 Å². The number of nitrogens with zero attached hydrogens (tertiary/aromatic N) is 2. The number of amides is 1. The van der Waals surface area contributed by atoms with Crippen molar-refractivity contribution in [1.82, 2.24) is 15.1 Å². The van der Waals surface area contributed by atoms with Crippen molar-refractivity contribution in [2.75, 3.05) is 6.54 Å². The van der Waals surface area contributed by atoms with Gasteiger partial charge in [0.15, 0.2) is 5.78 Å². The number of carbonyl (C=O) groups is 2. The number of nitrogens with one attached hydrogen (secondary N) is 1. The SMILES string of the molecule is Cc1cccc(Cn2nc(C(C)(C)C)cc2C(=O)CC2CCC(NC(=O)CCN)CC2)c1. The summed E-state index contributed by atoms with van der Waals surface area (Å²) in [6, 6.07) is 10.5. The summed E-state index contributed by atoms with van der Waals surface area (Å²) in [5, 5.41) is 7.89. The smallest absolute Gasteiger partial charge is 0.221 e. The first-order chi connectivity index (χ1) is 15.2. The zero-order valence-electron chi connectivity index (χ0n) is 20.0. The summed E-state index contributed by atoms with van der Waals surface area (Å²) in [6.07, 6.45) is 4.66. The maximum atomic E-state index is 13.3. The predicted octanol–water partition coefficient (Wildman–Crippen LogP) is 4.13. The Morgan fingerprint density at radius 3 is 2.50 bits per heavy atom. The molecule has 0 aliphatic heterocycles. The Labute approximate surface area is 192 Å². The molecule has 1 fully saturated rings. The summed E-state index contributed by atoms with van der Waals surface area (Å²) in [4.78, 5) is 25.1. The zero-order chi connectivity index (χ0) is 23.3. The first kappa shape index (κ1) is 24.2. The van der Waals surface area contributed by atoms with E-state index in [1.807, 2.05) is 16.8 Å². The van der Waals surface area contributed by atoms with Crippen LogP contribution in [0.2, 0.25) is 0 Å². The molecular formula is C26H38N4O2. The van der Waals surface area contributed by atoms with Crippen molar-refractivity contribution >= 4 is 11.7 Å². The van der Waals surface area contributed by atoms with E-state index in [9.17, 15) is 9.59 Å². The average Bonchev–Trinajstić information content (AvgIpc) is 3.14. The summed E-state index contributed by atoms with van der Waals surface area (Å²) in [5.74, 6) is 0.545. The summed E-state index contributed by atoms with van der Waals surface area (Å²) in [5.41, 5.74) is 9.34. The molecule has 3 N–H and O–H groups in total. The van der Waals surface area contributed by atoms with E-state index in [0.29, 0.717) is 37.5 Å². The highest BCUT2D eigenvalue weighted by molar-refractivity contribution is 5.94. The highest BCUT2D eigenvalue weighted by atomic mass is 16.1. The quantitative estimate of drug-likeness (QED) is 0.606. The number of nitrogens with two attached hydrogens (primary N) is 1. The lowest BCUT2D eigenvalue weighted by atomic mass is 9.82. The minimum Gasteiger partial charge on any atom is -0.353 e. The van der Waals surface area contributed by atoms with Gasteiger partial charge in [-0.1, -0.05) is 50.6 Å². The Morgan fingerprint density at radius 1 is 1.16 bits per heavy atom. The fourth-order valence-electron chi connectivity index (χ4n) is 4.42. The molecule has 0 radical (unpaired) electrons. The molecule has 6 nitrogen and oxygen atoms in total. The molecule has 1 aliphatic rings. The molecule has 0 unspecified atom stereocenters. The van der Waals surface area contributed by atoms with Crippen LogP contribution in [-0.4, -0.2) is 34.1 Å². The molecule has 0 atom stereocenters. The molecule has 2 aromatic rings. The van der Waals surface area contributed by atoms with Crippen LogP contribution < -0.4 is 11.1 Å². The lowest BCUT2D eigenvalue weighted by Gasteiger charge is -2.28. The van der Waals surface area contributed by atoms with Crippen molar-refractivity contribution in [2.45, 2.75) is 84.2 Å². The van der Waals surface area contributed by atoms with E-state index in [1.165, 1.54) is 5.56 Å². The van der Waals surface area contributed by atoms with Gasteiger partial charge < -0.3 is 11.1 Å². The molecule has 1 heterocycles. The predicted molar refractivity (Wildman–Crippen MR) is 128 cm³/mol. The summed E-state index contributed by atoms with van der Waals surface area (Å²) >= 11 is 0. The van der Waals surface area contributed by atoms with Crippen molar-refractivity contribution in [2.24, 2.45) is 11.7 Å². The van der Waals surface area contributed by atoms with Gasteiger partial charge >= 0.3 is 0 Å². The fraction of sp³-hybridized carbons (Fsp3) is 0.577. The molecule has 0 bridgehead atoms. The minimum absolute atomic E-state index is 0.0294. The molecule has 6 heteroatoms. The van der Waals surface area contributed by atoms with Crippen LogP contribution in [0, 0.1) is 12.8 Å². The number of Topliss-reactive ketones (excluding diaryl/α,β-unsaturated/α-hetero) is 1. The third-order valence-electron chi connectivity index (χ3n) is 6.31. The molecule has 1 aromatic heterocycles. The Bertz CT molecular complexity index is 934. The van der Waals surface area contributed by atoms with Crippen molar-refractivity contribution in [3.05, 3.63) is 52.8 Å². The largest absolute Gasteiger partial charge is 0.353 e. The van der Waals surface area contributed by atoms with Crippen molar-refractivity contribution in [1.29, 1.82) is 0 Å². The van der Waals surface area contributed by atoms with Crippen molar-refractivity contribution in [3.8, 4) is 0 Å². The van der Waals surface area contributed by atoms with Crippen LogP contribution in [0.15, 0.2) is 30.3 Å². The number of aryl methyl sites for hydroxylation is 1. The number of benzene rings is 1. The Morgan fingerprint density at radius 2 is 1.88 bits per heavy atom. The molecule has 1 aromatic carbocycles. The van der Waals surface area contributed by atoms with E-state index in [4.69, 9.17) is 10.8 Å². The van der Waals surface area contributed by atoms with Crippen LogP contribution >= 0.6 is 0 Å². The molecule has 0 spiro atoms. The van der Waals surface area contributed by atoms with Gasteiger partial charge in [-0.25, -0.2) is 0 Å². The van der Waals surface area contributed by atoms with Crippen molar-refractivity contribution in [3.63, 3.8) is 0 Å². The van der Waals surface area contributed by atoms with Gasteiger partial charge in [0, 0.05) is 30.8 Å². The highest BCUT2D eigenvalue weighted by Gasteiger charge is 2.27. The minimum atomic E-state index is -0.118. The average molecular weight is 439 g/mol. The first-order valence-corrected chi connectivity index (χ1v) is 11.8. The third kappa shape index (κ3) is 6.52. The third-order valence-corrected chi connectivity index (χ3v) is 6.31. The van der Waals surface area contributed by atoms with Crippen LogP contribution in [0.3, 0.4) is 0 Å². The van der Waals surface area contributed by atoms with E-state index in [2.05, 4.69) is 51.2 Å². The second-order valence-electron chi connectivity index (χ2n) is 10.3. The maximum Gasteiger partial charge on any atom is 0.221 e. The topological polar surface area (TPSA) is 90.0 Å². The van der Waals surface area contributed by atoms with Crippen LogP contribution in [0.25, 0.3) is 0 Å². The highest BCUT2D eigenvalue weighted by Crippen LogP contribution is 2.29. The van der Waals surface area contributed by atoms with Gasteiger partial charge in [-0.15, -0.1) is 0 Å². The lowest BCUT2D eigenvalue weighted by molar-refractivity contribution is -0.121. The normalized spacial score (nSPS) is 19.0. The second-order valence-corrected chi connectivity index (χ2v) is 10.3. The van der Waals surface area contributed by atoms with Gasteiger partial charge in [0.1, 0.15) is 5.69 Å². The zero-order valence-corrected chi connectivity index (χ0v) is 20.0. The second kappa shape index (κ2) is 10.4. The molecule has 0 saturated heterocycles.